The maximum atomic E-state index is 5.78. The van der Waals surface area contributed by atoms with Gasteiger partial charge in [0.15, 0.2) is 0 Å². The van der Waals surface area contributed by atoms with Gasteiger partial charge in [0.1, 0.15) is 0 Å². The second-order valence-corrected chi connectivity index (χ2v) is 9.31. The van der Waals surface area contributed by atoms with E-state index in [9.17, 15) is 0 Å². The molecule has 0 amide bonds. The maximum absolute atomic E-state index is 5.78. The molecule has 0 saturated heterocycles. The molecule has 3 aromatic rings. The minimum Gasteiger partial charge on any atom is -0.478 e. The van der Waals surface area contributed by atoms with E-state index in [2.05, 4.69) is 34.0 Å². The molecular weight excluding hydrogens is 448 g/mol. The van der Waals surface area contributed by atoms with Gasteiger partial charge < -0.3 is 9.47 Å². The lowest BCUT2D eigenvalue weighted by atomic mass is 10.1. The van der Waals surface area contributed by atoms with E-state index in [1.807, 2.05) is 36.4 Å². The summed E-state index contributed by atoms with van der Waals surface area (Å²) in [4.78, 5) is 8.86. The van der Waals surface area contributed by atoms with Gasteiger partial charge >= 0.3 is 0 Å². The molecule has 6 nitrogen and oxygen atoms in total. The minimum absolute atomic E-state index is 0.654. The van der Waals surface area contributed by atoms with Crippen LogP contribution in [-0.2, 0) is 0 Å². The Bertz CT molecular complexity index is 879. The highest BCUT2D eigenvalue weighted by Crippen LogP contribution is 2.22. The van der Waals surface area contributed by atoms with Crippen LogP contribution in [0.3, 0.4) is 0 Å². The Morgan fingerprint density at radius 3 is 1.28 bits per heavy atom. The van der Waals surface area contributed by atoms with Crippen molar-refractivity contribution in [2.24, 2.45) is 0 Å². The standard InChI is InChI=1S/C30H42N4O2/c1-3-5-7-9-11-13-21-35-29-19-15-25(23-31-29)27-17-18-28(34-33-27)26-16-20-30(32-24-26)36-22-14-12-10-8-6-4-2/h15-20,23-24H,3-14,21-22H2,1-2H3. The van der Waals surface area contributed by atoms with Crippen molar-refractivity contribution in [2.45, 2.75) is 90.9 Å². The number of aromatic nitrogens is 4. The van der Waals surface area contributed by atoms with E-state index in [-0.39, 0.29) is 0 Å². The number of rotatable bonds is 18. The summed E-state index contributed by atoms with van der Waals surface area (Å²) in [5.41, 5.74) is 3.39. The summed E-state index contributed by atoms with van der Waals surface area (Å²) in [6.45, 7) is 5.90. The van der Waals surface area contributed by atoms with Gasteiger partial charge in [-0.1, -0.05) is 78.1 Å². The summed E-state index contributed by atoms with van der Waals surface area (Å²) in [7, 11) is 0. The molecule has 0 saturated carbocycles. The summed E-state index contributed by atoms with van der Waals surface area (Å²) in [6, 6.07) is 11.7. The molecule has 0 radical (unpaired) electrons. The number of ether oxygens (including phenoxy) is 2. The molecule has 0 unspecified atom stereocenters. The maximum Gasteiger partial charge on any atom is 0.213 e. The largest absolute Gasteiger partial charge is 0.478 e. The third-order valence-electron chi connectivity index (χ3n) is 6.22. The van der Waals surface area contributed by atoms with Crippen LogP contribution in [0.5, 0.6) is 11.8 Å². The van der Waals surface area contributed by atoms with Crippen molar-refractivity contribution >= 4 is 0 Å². The minimum atomic E-state index is 0.654. The monoisotopic (exact) mass is 490 g/mol. The van der Waals surface area contributed by atoms with Crippen LogP contribution < -0.4 is 9.47 Å². The predicted octanol–water partition coefficient (Wildman–Crippen LogP) is 8.08. The Hall–Kier alpha value is -3.02. The average Bonchev–Trinajstić information content (AvgIpc) is 2.93. The first-order chi connectivity index (χ1) is 17.8. The van der Waals surface area contributed by atoms with Crippen LogP contribution in [0.15, 0.2) is 48.8 Å². The third kappa shape index (κ3) is 9.92. The van der Waals surface area contributed by atoms with Crippen molar-refractivity contribution in [2.75, 3.05) is 13.2 Å². The van der Waals surface area contributed by atoms with E-state index in [0.29, 0.717) is 25.0 Å². The first kappa shape index (κ1) is 27.6. The number of hydrogen-bond donors (Lipinski definition) is 0. The molecular formula is C30H42N4O2. The SMILES string of the molecule is CCCCCCCCOc1ccc(-c2ccc(-c3ccc(OCCCCCCCC)nc3)nn2)cn1. The van der Waals surface area contributed by atoms with Crippen molar-refractivity contribution in [3.63, 3.8) is 0 Å². The number of nitrogens with zero attached hydrogens (tertiary/aromatic N) is 4. The zero-order valence-electron chi connectivity index (χ0n) is 22.1. The predicted molar refractivity (Wildman–Crippen MR) is 146 cm³/mol. The number of unbranched alkanes of at least 4 members (excludes halogenated alkanes) is 10. The molecule has 0 atom stereocenters. The van der Waals surface area contributed by atoms with E-state index >= 15 is 0 Å². The average molecular weight is 491 g/mol. The van der Waals surface area contributed by atoms with Crippen molar-refractivity contribution in [1.82, 2.24) is 20.2 Å². The van der Waals surface area contributed by atoms with Crippen LogP contribution in [0.25, 0.3) is 22.5 Å². The van der Waals surface area contributed by atoms with Crippen LogP contribution in [-0.4, -0.2) is 33.4 Å². The van der Waals surface area contributed by atoms with Gasteiger partial charge in [0.25, 0.3) is 0 Å². The fourth-order valence-electron chi connectivity index (χ4n) is 3.99. The molecule has 0 aromatic carbocycles. The van der Waals surface area contributed by atoms with E-state index in [1.165, 1.54) is 64.2 Å². The second kappa shape index (κ2) is 16.6. The summed E-state index contributed by atoms with van der Waals surface area (Å²) in [5, 5.41) is 8.78. The Morgan fingerprint density at radius 1 is 0.500 bits per heavy atom. The van der Waals surface area contributed by atoms with Gasteiger partial charge in [-0.25, -0.2) is 9.97 Å². The molecule has 0 aliphatic heterocycles. The molecule has 0 spiro atoms. The van der Waals surface area contributed by atoms with E-state index in [0.717, 1.165) is 35.4 Å². The lowest BCUT2D eigenvalue weighted by Crippen LogP contribution is -2.00. The third-order valence-corrected chi connectivity index (χ3v) is 6.22. The Labute approximate surface area is 216 Å². The molecule has 3 rings (SSSR count). The molecule has 3 heterocycles. The number of pyridine rings is 2. The van der Waals surface area contributed by atoms with Crippen molar-refractivity contribution in [3.05, 3.63) is 48.8 Å². The zero-order chi connectivity index (χ0) is 25.3. The molecule has 0 fully saturated rings. The number of hydrogen-bond acceptors (Lipinski definition) is 6. The van der Waals surface area contributed by atoms with Crippen LogP contribution in [0.4, 0.5) is 0 Å². The molecule has 0 N–H and O–H groups in total. The van der Waals surface area contributed by atoms with Crippen LogP contribution >= 0.6 is 0 Å². The van der Waals surface area contributed by atoms with E-state index < -0.39 is 0 Å². The first-order valence-corrected chi connectivity index (χ1v) is 13.8. The summed E-state index contributed by atoms with van der Waals surface area (Å²) >= 11 is 0. The van der Waals surface area contributed by atoms with Crippen molar-refractivity contribution in [1.29, 1.82) is 0 Å². The van der Waals surface area contributed by atoms with E-state index in [4.69, 9.17) is 9.47 Å². The summed E-state index contributed by atoms with van der Waals surface area (Å²) in [5.74, 6) is 1.31. The van der Waals surface area contributed by atoms with Crippen LogP contribution in [0.1, 0.15) is 90.9 Å². The topological polar surface area (TPSA) is 70.0 Å². The van der Waals surface area contributed by atoms with Crippen LogP contribution in [0.2, 0.25) is 0 Å². The van der Waals surface area contributed by atoms with Gasteiger partial charge in [0.05, 0.1) is 24.6 Å². The quantitative estimate of drug-likeness (QED) is 0.168. The Kier molecular flexibility index (Phi) is 12.7. The fraction of sp³-hybridized carbons (Fsp3) is 0.533. The zero-order valence-corrected chi connectivity index (χ0v) is 22.1. The molecule has 194 valence electrons. The molecule has 0 bridgehead atoms. The first-order valence-electron chi connectivity index (χ1n) is 13.8. The highest BCUT2D eigenvalue weighted by Gasteiger charge is 2.06. The van der Waals surface area contributed by atoms with Crippen molar-refractivity contribution < 1.29 is 9.47 Å². The fourth-order valence-corrected chi connectivity index (χ4v) is 3.99. The van der Waals surface area contributed by atoms with E-state index in [1.54, 1.807) is 12.4 Å². The Balaban J connectivity index is 1.41. The smallest absolute Gasteiger partial charge is 0.213 e. The lowest BCUT2D eigenvalue weighted by molar-refractivity contribution is 0.293. The summed E-state index contributed by atoms with van der Waals surface area (Å²) < 4.78 is 11.6. The van der Waals surface area contributed by atoms with Gasteiger partial charge in [0, 0.05) is 35.7 Å². The lowest BCUT2D eigenvalue weighted by Gasteiger charge is -2.07. The second-order valence-electron chi connectivity index (χ2n) is 9.31. The van der Waals surface area contributed by atoms with Gasteiger partial charge in [-0.05, 0) is 37.1 Å². The molecule has 6 heteroatoms. The van der Waals surface area contributed by atoms with Gasteiger partial charge in [0.2, 0.25) is 11.8 Å². The van der Waals surface area contributed by atoms with Crippen molar-refractivity contribution in [3.8, 4) is 34.3 Å². The molecule has 3 aromatic heterocycles. The van der Waals surface area contributed by atoms with Crippen LogP contribution in [0, 0.1) is 0 Å². The molecule has 36 heavy (non-hydrogen) atoms. The van der Waals surface area contributed by atoms with Gasteiger partial charge in [-0.3, -0.25) is 0 Å². The highest BCUT2D eigenvalue weighted by molar-refractivity contribution is 5.62. The summed E-state index contributed by atoms with van der Waals surface area (Å²) in [6.07, 6.45) is 18.6. The normalized spacial score (nSPS) is 10.9. The highest BCUT2D eigenvalue weighted by atomic mass is 16.5. The van der Waals surface area contributed by atoms with Gasteiger partial charge in [-0.2, -0.15) is 0 Å². The molecule has 0 aliphatic carbocycles. The molecule has 0 aliphatic rings. The van der Waals surface area contributed by atoms with Gasteiger partial charge in [-0.15, -0.1) is 10.2 Å². The Morgan fingerprint density at radius 2 is 0.917 bits per heavy atom.